The van der Waals surface area contributed by atoms with Crippen molar-refractivity contribution in [3.8, 4) is 5.69 Å². The fourth-order valence-corrected chi connectivity index (χ4v) is 1.47. The van der Waals surface area contributed by atoms with E-state index in [0.717, 1.165) is 16.0 Å². The summed E-state index contributed by atoms with van der Waals surface area (Å²) in [6, 6.07) is 7.77. The van der Waals surface area contributed by atoms with Crippen LogP contribution in [-0.4, -0.2) is 26.0 Å². The molecular weight excluding hydrogens is 226 g/mol. The predicted molar refractivity (Wildman–Crippen MR) is 72.1 cm³/mol. The summed E-state index contributed by atoms with van der Waals surface area (Å²) < 4.78 is 2.89. The number of hydroxylamine groups is 1. The van der Waals surface area contributed by atoms with Crippen LogP contribution < -0.4 is 0 Å². The molecule has 4 heteroatoms. The quantitative estimate of drug-likeness (QED) is 0.352. The molecule has 0 aliphatic rings. The molecule has 0 N–H and O–H groups in total. The number of hydrogen-bond acceptors (Lipinski definition) is 2. The van der Waals surface area contributed by atoms with Crippen molar-refractivity contribution >= 4 is 6.21 Å². The molecule has 0 aliphatic heterocycles. The lowest BCUT2D eigenvalue weighted by Crippen LogP contribution is -2.29. The van der Waals surface area contributed by atoms with Crippen LogP contribution in [0, 0.1) is 5.21 Å². The Balaban J connectivity index is 2.24. The second-order valence-corrected chi connectivity index (χ2v) is 5.19. The van der Waals surface area contributed by atoms with Gasteiger partial charge >= 0.3 is 0 Å². The van der Waals surface area contributed by atoms with Crippen LogP contribution in [0.15, 0.2) is 43.0 Å². The highest BCUT2D eigenvalue weighted by molar-refractivity contribution is 5.76. The number of aromatic nitrogens is 2. The van der Waals surface area contributed by atoms with E-state index in [1.807, 2.05) is 55.8 Å². The van der Waals surface area contributed by atoms with Gasteiger partial charge in [0.15, 0.2) is 11.8 Å². The Morgan fingerprint density at radius 1 is 1.22 bits per heavy atom. The largest absolute Gasteiger partial charge is 0.623 e. The highest BCUT2D eigenvalue weighted by Crippen LogP contribution is 2.10. The summed E-state index contributed by atoms with van der Waals surface area (Å²) in [6.07, 6.45) is 6.97. The minimum Gasteiger partial charge on any atom is -0.623 e. The van der Waals surface area contributed by atoms with Crippen LogP contribution in [0.3, 0.4) is 0 Å². The maximum atomic E-state index is 11.8. The summed E-state index contributed by atoms with van der Waals surface area (Å²) in [4.78, 5) is 4.00. The van der Waals surface area contributed by atoms with Gasteiger partial charge in [0.2, 0.25) is 0 Å². The van der Waals surface area contributed by atoms with Crippen molar-refractivity contribution in [2.24, 2.45) is 0 Å². The van der Waals surface area contributed by atoms with Gasteiger partial charge in [-0.05, 0) is 24.3 Å². The summed E-state index contributed by atoms with van der Waals surface area (Å²) in [5.41, 5.74) is 1.50. The van der Waals surface area contributed by atoms with Crippen molar-refractivity contribution in [1.29, 1.82) is 0 Å². The van der Waals surface area contributed by atoms with Crippen LogP contribution in [0.25, 0.3) is 5.69 Å². The van der Waals surface area contributed by atoms with Crippen molar-refractivity contribution in [2.45, 2.75) is 26.3 Å². The fraction of sp³-hybridized carbons (Fsp3) is 0.286. The van der Waals surface area contributed by atoms with E-state index < -0.39 is 5.54 Å². The Morgan fingerprint density at radius 3 is 2.39 bits per heavy atom. The molecule has 0 aliphatic carbocycles. The lowest BCUT2D eigenvalue weighted by molar-refractivity contribution is -0.530. The van der Waals surface area contributed by atoms with Gasteiger partial charge in [0.05, 0.1) is 6.33 Å². The predicted octanol–water partition coefficient (Wildman–Crippen LogP) is 2.60. The first-order chi connectivity index (χ1) is 8.47. The summed E-state index contributed by atoms with van der Waals surface area (Å²) in [6.45, 7) is 5.66. The van der Waals surface area contributed by atoms with E-state index in [2.05, 4.69) is 4.98 Å². The Morgan fingerprint density at radius 2 is 1.89 bits per heavy atom. The smallest absolute Gasteiger partial charge is 0.182 e. The van der Waals surface area contributed by atoms with Crippen molar-refractivity contribution in [3.05, 3.63) is 53.8 Å². The van der Waals surface area contributed by atoms with E-state index in [4.69, 9.17) is 0 Å². The van der Waals surface area contributed by atoms with E-state index >= 15 is 0 Å². The molecule has 94 valence electrons. The number of benzene rings is 1. The number of hydrogen-bond donors (Lipinski definition) is 0. The van der Waals surface area contributed by atoms with Crippen molar-refractivity contribution in [3.63, 3.8) is 0 Å². The van der Waals surface area contributed by atoms with Gasteiger partial charge < -0.3 is 9.77 Å². The zero-order valence-electron chi connectivity index (χ0n) is 10.9. The van der Waals surface area contributed by atoms with Gasteiger partial charge in [0.1, 0.15) is 0 Å². The Bertz CT molecular complexity index is 533. The normalized spacial score (nSPS) is 12.7. The molecule has 2 aromatic rings. The summed E-state index contributed by atoms with van der Waals surface area (Å²) >= 11 is 0. The van der Waals surface area contributed by atoms with E-state index in [1.165, 1.54) is 0 Å². The van der Waals surface area contributed by atoms with Gasteiger partial charge in [0.25, 0.3) is 0 Å². The second-order valence-electron chi connectivity index (χ2n) is 5.19. The SMILES string of the molecule is CC(C)(C)/[N+]([O-])=C/c1ccc(-n2ccnc2)cc1. The van der Waals surface area contributed by atoms with E-state index in [-0.39, 0.29) is 0 Å². The minimum atomic E-state index is -0.414. The van der Waals surface area contributed by atoms with Gasteiger partial charge in [-0.25, -0.2) is 9.72 Å². The molecule has 0 amide bonds. The van der Waals surface area contributed by atoms with Gasteiger partial charge in [-0.1, -0.05) is 0 Å². The third-order valence-electron chi connectivity index (χ3n) is 2.62. The molecule has 0 saturated carbocycles. The summed E-state index contributed by atoms with van der Waals surface area (Å²) in [5, 5.41) is 11.8. The fourth-order valence-electron chi connectivity index (χ4n) is 1.47. The molecule has 18 heavy (non-hydrogen) atoms. The van der Waals surface area contributed by atoms with Crippen molar-refractivity contribution in [2.75, 3.05) is 0 Å². The van der Waals surface area contributed by atoms with Gasteiger partial charge in [-0.2, -0.15) is 0 Å². The molecule has 0 saturated heterocycles. The van der Waals surface area contributed by atoms with Crippen molar-refractivity contribution in [1.82, 2.24) is 9.55 Å². The van der Waals surface area contributed by atoms with E-state index in [1.54, 1.807) is 18.7 Å². The molecule has 1 aromatic heterocycles. The van der Waals surface area contributed by atoms with Gasteiger partial charge in [0, 0.05) is 44.4 Å². The molecule has 0 atom stereocenters. The van der Waals surface area contributed by atoms with Gasteiger partial charge in [-0.3, -0.25) is 0 Å². The zero-order valence-corrected chi connectivity index (χ0v) is 10.9. The lowest BCUT2D eigenvalue weighted by Gasteiger charge is -2.18. The van der Waals surface area contributed by atoms with Crippen LogP contribution in [-0.2, 0) is 0 Å². The number of rotatable bonds is 2. The first-order valence-electron chi connectivity index (χ1n) is 5.86. The van der Waals surface area contributed by atoms with E-state index in [0.29, 0.717) is 0 Å². The summed E-state index contributed by atoms with van der Waals surface area (Å²) in [7, 11) is 0. The molecule has 0 unspecified atom stereocenters. The molecule has 0 bridgehead atoms. The average Bonchev–Trinajstić information content (AvgIpc) is 2.82. The zero-order chi connectivity index (χ0) is 13.2. The van der Waals surface area contributed by atoms with Gasteiger partial charge in [-0.15, -0.1) is 0 Å². The van der Waals surface area contributed by atoms with E-state index in [9.17, 15) is 5.21 Å². The Labute approximate surface area is 107 Å². The first kappa shape index (κ1) is 12.4. The minimum absolute atomic E-state index is 0.414. The average molecular weight is 243 g/mol. The lowest BCUT2D eigenvalue weighted by atomic mass is 10.1. The van der Waals surface area contributed by atoms with Crippen LogP contribution in [0.1, 0.15) is 26.3 Å². The maximum Gasteiger partial charge on any atom is 0.182 e. The maximum absolute atomic E-state index is 11.8. The van der Waals surface area contributed by atoms with Crippen LogP contribution in [0.4, 0.5) is 0 Å². The molecule has 0 fully saturated rings. The Kier molecular flexibility index (Phi) is 3.19. The first-order valence-corrected chi connectivity index (χ1v) is 5.86. The third-order valence-corrected chi connectivity index (χ3v) is 2.62. The number of imidazole rings is 1. The summed E-state index contributed by atoms with van der Waals surface area (Å²) in [5.74, 6) is 0. The highest BCUT2D eigenvalue weighted by Gasteiger charge is 2.17. The number of nitrogens with zero attached hydrogens (tertiary/aromatic N) is 3. The molecule has 0 radical (unpaired) electrons. The van der Waals surface area contributed by atoms with Crippen LogP contribution >= 0.6 is 0 Å². The molecule has 0 spiro atoms. The topological polar surface area (TPSA) is 43.9 Å². The standard InChI is InChI=1S/C14H17N3O/c1-14(2,3)17(18)10-12-4-6-13(7-5-12)16-9-8-15-11-16/h4-11H,1-3H3/b17-10-. The molecular formula is C14H17N3O. The van der Waals surface area contributed by atoms with Crippen LogP contribution in [0.5, 0.6) is 0 Å². The third kappa shape index (κ3) is 2.77. The molecule has 4 nitrogen and oxygen atoms in total. The highest BCUT2D eigenvalue weighted by atomic mass is 16.5. The second kappa shape index (κ2) is 4.64. The monoisotopic (exact) mass is 243 g/mol. The Hall–Kier alpha value is -2.10. The van der Waals surface area contributed by atoms with Crippen molar-refractivity contribution < 1.29 is 4.74 Å². The molecule has 1 heterocycles. The molecule has 2 rings (SSSR count). The molecule has 1 aromatic carbocycles. The van der Waals surface area contributed by atoms with Crippen LogP contribution in [0.2, 0.25) is 0 Å².